The molecule has 0 aliphatic carbocycles. The topological polar surface area (TPSA) is 12.9 Å². The lowest BCUT2D eigenvalue weighted by molar-refractivity contribution is 0.626. The number of thiophene rings is 1. The summed E-state index contributed by atoms with van der Waals surface area (Å²) in [4.78, 5) is 4.34. The van der Waals surface area contributed by atoms with Gasteiger partial charge in [-0.1, -0.05) is 48.5 Å². The van der Waals surface area contributed by atoms with Crippen molar-refractivity contribution in [1.29, 1.82) is 0 Å². The van der Waals surface area contributed by atoms with Gasteiger partial charge < -0.3 is 0 Å². The largest absolute Gasteiger partial charge is 0.253 e. The highest BCUT2D eigenvalue weighted by Gasteiger charge is 2.11. The van der Waals surface area contributed by atoms with Crippen LogP contribution in [0.15, 0.2) is 72.2 Å². The summed E-state index contributed by atoms with van der Waals surface area (Å²) in [6, 6.07) is 19.1. The fourth-order valence-corrected chi connectivity index (χ4v) is 3.56. The van der Waals surface area contributed by atoms with Crippen LogP contribution in [-0.2, 0) is 0 Å². The minimum absolute atomic E-state index is 0.293. The maximum Gasteiger partial charge on any atom is 0.150 e. The lowest BCUT2D eigenvalue weighted by Gasteiger charge is -2.05. The molecular formula is C19H12FNS. The first-order valence-electron chi connectivity index (χ1n) is 7.00. The van der Waals surface area contributed by atoms with Crippen LogP contribution >= 0.6 is 11.3 Å². The Morgan fingerprint density at radius 1 is 0.864 bits per heavy atom. The molecule has 0 saturated heterocycles. The van der Waals surface area contributed by atoms with E-state index in [0.29, 0.717) is 5.69 Å². The molecule has 4 aromatic rings. The van der Waals surface area contributed by atoms with Gasteiger partial charge in [0, 0.05) is 33.0 Å². The zero-order chi connectivity index (χ0) is 14.9. The third-order valence-electron chi connectivity index (χ3n) is 3.68. The predicted octanol–water partition coefficient (Wildman–Crippen LogP) is 5.77. The molecule has 0 N–H and O–H groups in total. The second-order valence-electron chi connectivity index (χ2n) is 5.07. The SMILES string of the molecule is Fc1cc(-c2csc3ccccc23)cnc1-c1ccccc1. The van der Waals surface area contributed by atoms with Gasteiger partial charge in [-0.15, -0.1) is 11.3 Å². The van der Waals surface area contributed by atoms with Crippen molar-refractivity contribution >= 4 is 21.4 Å². The summed E-state index contributed by atoms with van der Waals surface area (Å²) in [5.41, 5.74) is 3.03. The van der Waals surface area contributed by atoms with E-state index in [2.05, 4.69) is 22.5 Å². The van der Waals surface area contributed by atoms with Crippen molar-refractivity contribution in [3.8, 4) is 22.4 Å². The molecule has 0 radical (unpaired) electrons. The highest BCUT2D eigenvalue weighted by atomic mass is 32.1. The average molecular weight is 305 g/mol. The number of halogens is 1. The van der Waals surface area contributed by atoms with Crippen LogP contribution in [-0.4, -0.2) is 4.98 Å². The monoisotopic (exact) mass is 305 g/mol. The number of nitrogens with zero attached hydrogens (tertiary/aromatic N) is 1. The molecule has 0 amide bonds. The van der Waals surface area contributed by atoms with Crippen molar-refractivity contribution in [1.82, 2.24) is 4.98 Å². The lowest BCUT2D eigenvalue weighted by atomic mass is 10.0. The summed E-state index contributed by atoms with van der Waals surface area (Å²) in [5, 5.41) is 3.20. The number of benzene rings is 2. The smallest absolute Gasteiger partial charge is 0.150 e. The highest BCUT2D eigenvalue weighted by Crippen LogP contribution is 2.34. The molecule has 4 rings (SSSR count). The molecule has 0 aliphatic heterocycles. The Morgan fingerprint density at radius 3 is 2.45 bits per heavy atom. The van der Waals surface area contributed by atoms with E-state index in [1.807, 2.05) is 42.5 Å². The standard InChI is InChI=1S/C19H12FNS/c20-17-10-14(11-21-19(17)13-6-2-1-3-7-13)16-12-22-18-9-5-4-8-15(16)18/h1-12H. The van der Waals surface area contributed by atoms with Gasteiger partial charge in [0.15, 0.2) is 0 Å². The molecule has 0 atom stereocenters. The zero-order valence-electron chi connectivity index (χ0n) is 11.7. The van der Waals surface area contributed by atoms with Crippen LogP contribution in [0.4, 0.5) is 4.39 Å². The molecule has 0 fully saturated rings. The fraction of sp³-hybridized carbons (Fsp3) is 0. The number of hydrogen-bond acceptors (Lipinski definition) is 2. The molecule has 2 aromatic carbocycles. The predicted molar refractivity (Wildman–Crippen MR) is 90.5 cm³/mol. The Hall–Kier alpha value is -2.52. The van der Waals surface area contributed by atoms with E-state index in [1.54, 1.807) is 23.6 Å². The van der Waals surface area contributed by atoms with Crippen LogP contribution < -0.4 is 0 Å². The van der Waals surface area contributed by atoms with E-state index < -0.39 is 0 Å². The Labute approximate surface area is 131 Å². The van der Waals surface area contributed by atoms with Crippen molar-refractivity contribution in [2.75, 3.05) is 0 Å². The Bertz CT molecular complexity index is 944. The molecule has 3 heteroatoms. The van der Waals surface area contributed by atoms with Crippen LogP contribution in [0.25, 0.3) is 32.5 Å². The Morgan fingerprint density at radius 2 is 1.64 bits per heavy atom. The first-order chi connectivity index (χ1) is 10.8. The van der Waals surface area contributed by atoms with Crippen LogP contribution in [0.3, 0.4) is 0 Å². The summed E-state index contributed by atoms with van der Waals surface area (Å²) in [6.07, 6.45) is 1.75. The molecule has 0 aliphatic rings. The van der Waals surface area contributed by atoms with Crippen LogP contribution in [0, 0.1) is 5.82 Å². The van der Waals surface area contributed by atoms with Gasteiger partial charge in [0.2, 0.25) is 0 Å². The van der Waals surface area contributed by atoms with E-state index in [0.717, 1.165) is 22.1 Å². The number of hydrogen-bond donors (Lipinski definition) is 0. The molecule has 106 valence electrons. The van der Waals surface area contributed by atoms with Crippen LogP contribution in [0.2, 0.25) is 0 Å². The fourth-order valence-electron chi connectivity index (χ4n) is 2.60. The third-order valence-corrected chi connectivity index (χ3v) is 4.64. The zero-order valence-corrected chi connectivity index (χ0v) is 12.5. The second-order valence-corrected chi connectivity index (χ2v) is 5.98. The summed E-state index contributed by atoms with van der Waals surface area (Å²) in [6.45, 7) is 0. The van der Waals surface area contributed by atoms with E-state index >= 15 is 0 Å². The molecule has 22 heavy (non-hydrogen) atoms. The van der Waals surface area contributed by atoms with Crippen molar-refractivity contribution < 1.29 is 4.39 Å². The minimum Gasteiger partial charge on any atom is -0.253 e. The van der Waals surface area contributed by atoms with Gasteiger partial charge in [-0.05, 0) is 17.5 Å². The average Bonchev–Trinajstić information content (AvgIpc) is 2.99. The van der Waals surface area contributed by atoms with Crippen LogP contribution in [0.1, 0.15) is 0 Å². The number of aromatic nitrogens is 1. The second kappa shape index (κ2) is 5.35. The molecule has 1 nitrogen and oxygen atoms in total. The molecule has 0 saturated carbocycles. The molecule has 2 aromatic heterocycles. The number of rotatable bonds is 2. The number of pyridine rings is 1. The third kappa shape index (κ3) is 2.20. The van der Waals surface area contributed by atoms with E-state index in [4.69, 9.17) is 0 Å². The van der Waals surface area contributed by atoms with Gasteiger partial charge in [0.1, 0.15) is 11.5 Å². The van der Waals surface area contributed by atoms with Gasteiger partial charge in [-0.2, -0.15) is 0 Å². The summed E-state index contributed by atoms with van der Waals surface area (Å²) in [7, 11) is 0. The molecule has 0 bridgehead atoms. The van der Waals surface area contributed by atoms with Gasteiger partial charge in [0.25, 0.3) is 0 Å². The molecule has 2 heterocycles. The summed E-state index contributed by atoms with van der Waals surface area (Å²) >= 11 is 1.66. The highest BCUT2D eigenvalue weighted by molar-refractivity contribution is 7.17. The quantitative estimate of drug-likeness (QED) is 0.458. The van der Waals surface area contributed by atoms with Crippen molar-refractivity contribution in [2.45, 2.75) is 0 Å². The van der Waals surface area contributed by atoms with Crippen molar-refractivity contribution in [2.24, 2.45) is 0 Å². The van der Waals surface area contributed by atoms with E-state index in [9.17, 15) is 4.39 Å². The number of fused-ring (bicyclic) bond motifs is 1. The molecule has 0 unspecified atom stereocenters. The lowest BCUT2D eigenvalue weighted by Crippen LogP contribution is -1.90. The normalized spacial score (nSPS) is 11.0. The Kier molecular flexibility index (Phi) is 3.20. The van der Waals surface area contributed by atoms with Gasteiger partial charge in [0.05, 0.1) is 0 Å². The first kappa shape index (κ1) is 13.2. The summed E-state index contributed by atoms with van der Waals surface area (Å²) in [5.74, 6) is -0.293. The van der Waals surface area contributed by atoms with Crippen LogP contribution in [0.5, 0.6) is 0 Å². The molecule has 0 spiro atoms. The maximum atomic E-state index is 14.5. The van der Waals surface area contributed by atoms with Gasteiger partial charge in [-0.3, -0.25) is 4.98 Å². The minimum atomic E-state index is -0.293. The first-order valence-corrected chi connectivity index (χ1v) is 7.88. The van der Waals surface area contributed by atoms with Gasteiger partial charge >= 0.3 is 0 Å². The maximum absolute atomic E-state index is 14.5. The van der Waals surface area contributed by atoms with Crippen molar-refractivity contribution in [3.63, 3.8) is 0 Å². The van der Waals surface area contributed by atoms with E-state index in [1.165, 1.54) is 4.70 Å². The summed E-state index contributed by atoms with van der Waals surface area (Å²) < 4.78 is 15.7. The van der Waals surface area contributed by atoms with Gasteiger partial charge in [-0.25, -0.2) is 4.39 Å². The van der Waals surface area contributed by atoms with E-state index in [-0.39, 0.29) is 5.82 Å². The van der Waals surface area contributed by atoms with Crippen molar-refractivity contribution in [3.05, 3.63) is 78.1 Å². The Balaban J connectivity index is 1.83. The molecular weight excluding hydrogens is 293 g/mol.